The second-order valence-corrected chi connectivity index (χ2v) is 7.80. The first kappa shape index (κ1) is 18.9. The van der Waals surface area contributed by atoms with Gasteiger partial charge in [-0.1, -0.05) is 45.7 Å². The summed E-state index contributed by atoms with van der Waals surface area (Å²) in [5.74, 6) is -0.208. The number of carbonyl (C=O) groups excluding carboxylic acids is 1. The monoisotopic (exact) mass is 449 g/mol. The summed E-state index contributed by atoms with van der Waals surface area (Å²) in [4.78, 5) is 13.1. The second-order valence-electron chi connectivity index (χ2n) is 6.04. The van der Waals surface area contributed by atoms with Gasteiger partial charge in [-0.25, -0.2) is 0 Å². The molecule has 0 unspecified atom stereocenters. The van der Waals surface area contributed by atoms with Crippen molar-refractivity contribution >= 4 is 56.5 Å². The Kier molecular flexibility index (Phi) is 5.65. The van der Waals surface area contributed by atoms with Gasteiger partial charge in [0, 0.05) is 20.9 Å². The number of hydrogen-bond donors (Lipinski definition) is 3. The molecule has 1 amide bonds. The first-order chi connectivity index (χ1) is 12.3. The van der Waals surface area contributed by atoms with Gasteiger partial charge in [-0.3, -0.25) is 4.79 Å². The van der Waals surface area contributed by atoms with Crippen LogP contribution in [0.25, 0.3) is 0 Å². The number of aryl methyl sites for hydroxylation is 1. The number of rotatable bonds is 3. The minimum Gasteiger partial charge on any atom is -0.351 e. The maximum Gasteiger partial charge on any atom is 0.255 e. The minimum atomic E-state index is -0.347. The van der Waals surface area contributed by atoms with Gasteiger partial charge >= 0.3 is 0 Å². The number of halogens is 2. The second kappa shape index (κ2) is 7.78. The number of thiocarbonyl (C=S) groups is 1. The highest BCUT2D eigenvalue weighted by Gasteiger charge is 2.30. The molecule has 1 atom stereocenters. The number of carbonyl (C=O) groups is 1. The van der Waals surface area contributed by atoms with E-state index in [9.17, 15) is 4.79 Å². The van der Waals surface area contributed by atoms with Gasteiger partial charge in [-0.05, 0) is 61.5 Å². The molecule has 3 N–H and O–H groups in total. The fourth-order valence-corrected chi connectivity index (χ4v) is 3.71. The van der Waals surface area contributed by atoms with Gasteiger partial charge in [0.25, 0.3) is 5.91 Å². The van der Waals surface area contributed by atoms with Crippen LogP contribution in [0, 0.1) is 6.92 Å². The molecule has 0 aliphatic carbocycles. The average molecular weight is 451 g/mol. The number of allylic oxidation sites excluding steroid dienone is 1. The standard InChI is InChI=1S/C19H17BrClN3OS/c1-10-6-7-14(21)9-15(10)23-18(25)16-11(2)22-19(26)24-17(16)12-4-3-5-13(20)8-12/h3-9,17H,1-2H3,(H,23,25)(H2,22,24,26)/t17-/m0/s1. The quantitative estimate of drug-likeness (QED) is 0.586. The summed E-state index contributed by atoms with van der Waals surface area (Å²) in [7, 11) is 0. The summed E-state index contributed by atoms with van der Waals surface area (Å²) >= 11 is 14.8. The largest absolute Gasteiger partial charge is 0.351 e. The normalized spacial score (nSPS) is 16.8. The predicted molar refractivity (Wildman–Crippen MR) is 113 cm³/mol. The van der Waals surface area contributed by atoms with Gasteiger partial charge in [0.05, 0.1) is 11.6 Å². The molecule has 0 bridgehead atoms. The smallest absolute Gasteiger partial charge is 0.255 e. The lowest BCUT2D eigenvalue weighted by molar-refractivity contribution is -0.113. The van der Waals surface area contributed by atoms with E-state index in [2.05, 4.69) is 31.9 Å². The van der Waals surface area contributed by atoms with E-state index < -0.39 is 0 Å². The molecule has 0 saturated carbocycles. The van der Waals surface area contributed by atoms with Gasteiger partial charge in [0.1, 0.15) is 0 Å². The van der Waals surface area contributed by atoms with E-state index in [0.717, 1.165) is 21.3 Å². The third kappa shape index (κ3) is 4.09. The molecule has 134 valence electrons. The lowest BCUT2D eigenvalue weighted by Gasteiger charge is -2.30. The lowest BCUT2D eigenvalue weighted by atomic mass is 9.95. The van der Waals surface area contributed by atoms with Gasteiger partial charge in [0.15, 0.2) is 5.11 Å². The molecule has 4 nitrogen and oxygen atoms in total. The van der Waals surface area contributed by atoms with Crippen molar-refractivity contribution in [3.63, 3.8) is 0 Å². The van der Waals surface area contributed by atoms with Crippen LogP contribution in [0.3, 0.4) is 0 Å². The van der Waals surface area contributed by atoms with E-state index in [1.54, 1.807) is 12.1 Å². The van der Waals surface area contributed by atoms with Crippen molar-refractivity contribution in [1.82, 2.24) is 10.6 Å². The van der Waals surface area contributed by atoms with E-state index in [1.165, 1.54) is 0 Å². The molecule has 1 aliphatic rings. The Morgan fingerprint density at radius 1 is 1.23 bits per heavy atom. The fourth-order valence-electron chi connectivity index (χ4n) is 2.85. The summed E-state index contributed by atoms with van der Waals surface area (Å²) in [5.41, 5.74) is 3.86. The Labute approximate surface area is 171 Å². The van der Waals surface area contributed by atoms with Gasteiger partial charge in [-0.2, -0.15) is 0 Å². The summed E-state index contributed by atoms with van der Waals surface area (Å²) in [6.45, 7) is 3.77. The molecule has 1 heterocycles. The van der Waals surface area contributed by atoms with Crippen molar-refractivity contribution in [3.8, 4) is 0 Å². The Morgan fingerprint density at radius 2 is 2.00 bits per heavy atom. The number of benzene rings is 2. The number of hydrogen-bond acceptors (Lipinski definition) is 2. The van der Waals surface area contributed by atoms with Crippen molar-refractivity contribution in [2.45, 2.75) is 19.9 Å². The summed E-state index contributed by atoms with van der Waals surface area (Å²) in [6.07, 6.45) is 0. The van der Waals surface area contributed by atoms with Crippen LogP contribution in [0.1, 0.15) is 24.1 Å². The summed E-state index contributed by atoms with van der Waals surface area (Å²) in [5, 5.41) is 10.2. The van der Waals surface area contributed by atoms with Crippen molar-refractivity contribution < 1.29 is 4.79 Å². The number of amides is 1. The van der Waals surface area contributed by atoms with Crippen LogP contribution in [0.2, 0.25) is 5.02 Å². The Hall–Kier alpha value is -1.89. The van der Waals surface area contributed by atoms with Crippen molar-refractivity contribution in [2.24, 2.45) is 0 Å². The van der Waals surface area contributed by atoms with Crippen molar-refractivity contribution in [1.29, 1.82) is 0 Å². The zero-order valence-electron chi connectivity index (χ0n) is 14.2. The maximum atomic E-state index is 13.1. The maximum absolute atomic E-state index is 13.1. The predicted octanol–water partition coefficient (Wildman–Crippen LogP) is 4.84. The minimum absolute atomic E-state index is 0.208. The van der Waals surface area contributed by atoms with Crippen LogP contribution in [-0.4, -0.2) is 11.0 Å². The van der Waals surface area contributed by atoms with Crippen LogP contribution < -0.4 is 16.0 Å². The molecule has 2 aromatic rings. The van der Waals surface area contributed by atoms with E-state index in [-0.39, 0.29) is 11.9 Å². The average Bonchev–Trinajstić information content (AvgIpc) is 2.57. The molecule has 0 radical (unpaired) electrons. The Balaban J connectivity index is 1.98. The summed E-state index contributed by atoms with van der Waals surface area (Å²) in [6, 6.07) is 12.9. The lowest BCUT2D eigenvalue weighted by Crippen LogP contribution is -2.45. The molecule has 2 aromatic carbocycles. The fraction of sp³-hybridized carbons (Fsp3) is 0.158. The molecule has 3 rings (SSSR count). The molecule has 1 aliphatic heterocycles. The summed E-state index contributed by atoms with van der Waals surface area (Å²) < 4.78 is 0.935. The van der Waals surface area contributed by atoms with Crippen LogP contribution >= 0.6 is 39.7 Å². The molecular weight excluding hydrogens is 434 g/mol. The highest BCUT2D eigenvalue weighted by atomic mass is 79.9. The molecule has 0 saturated heterocycles. The highest BCUT2D eigenvalue weighted by Crippen LogP contribution is 2.30. The first-order valence-corrected chi connectivity index (χ1v) is 9.54. The van der Waals surface area contributed by atoms with E-state index in [0.29, 0.717) is 21.4 Å². The van der Waals surface area contributed by atoms with E-state index >= 15 is 0 Å². The Bertz CT molecular complexity index is 929. The van der Waals surface area contributed by atoms with E-state index in [4.69, 9.17) is 23.8 Å². The zero-order valence-corrected chi connectivity index (χ0v) is 17.3. The number of nitrogens with one attached hydrogen (secondary N) is 3. The first-order valence-electron chi connectivity index (χ1n) is 7.96. The molecule has 0 spiro atoms. The molecule has 7 heteroatoms. The van der Waals surface area contributed by atoms with Gasteiger partial charge in [0.2, 0.25) is 0 Å². The molecular formula is C19H17BrClN3OS. The van der Waals surface area contributed by atoms with Gasteiger partial charge in [-0.15, -0.1) is 0 Å². The van der Waals surface area contributed by atoms with Crippen LogP contribution in [0.5, 0.6) is 0 Å². The zero-order chi connectivity index (χ0) is 18.8. The van der Waals surface area contributed by atoms with E-state index in [1.807, 2.05) is 44.2 Å². The third-order valence-electron chi connectivity index (χ3n) is 4.14. The molecule has 0 aromatic heterocycles. The van der Waals surface area contributed by atoms with Crippen LogP contribution in [-0.2, 0) is 4.79 Å². The number of anilines is 1. The van der Waals surface area contributed by atoms with Crippen molar-refractivity contribution in [3.05, 3.63) is 74.4 Å². The van der Waals surface area contributed by atoms with Crippen LogP contribution in [0.15, 0.2) is 58.2 Å². The highest BCUT2D eigenvalue weighted by molar-refractivity contribution is 9.10. The van der Waals surface area contributed by atoms with Gasteiger partial charge < -0.3 is 16.0 Å². The molecule has 26 heavy (non-hydrogen) atoms. The Morgan fingerprint density at radius 3 is 2.73 bits per heavy atom. The van der Waals surface area contributed by atoms with Crippen molar-refractivity contribution in [2.75, 3.05) is 5.32 Å². The third-order valence-corrected chi connectivity index (χ3v) is 5.09. The van der Waals surface area contributed by atoms with Crippen LogP contribution in [0.4, 0.5) is 5.69 Å². The SMILES string of the molecule is CC1=C(C(=O)Nc2cc(Cl)ccc2C)[C@H](c2cccc(Br)c2)NC(=S)N1. The topological polar surface area (TPSA) is 53.2 Å². The molecule has 0 fully saturated rings.